The maximum atomic E-state index is 12.6. The van der Waals surface area contributed by atoms with E-state index in [4.69, 9.17) is 9.47 Å². The van der Waals surface area contributed by atoms with Gasteiger partial charge in [0.15, 0.2) is 0 Å². The molecule has 0 saturated carbocycles. The second kappa shape index (κ2) is 10.3. The zero-order valence-corrected chi connectivity index (χ0v) is 15.8. The predicted molar refractivity (Wildman–Crippen MR) is 103 cm³/mol. The summed E-state index contributed by atoms with van der Waals surface area (Å²) < 4.78 is 10.6. The highest BCUT2D eigenvalue weighted by Gasteiger charge is 2.13. The zero-order valence-electron chi connectivity index (χ0n) is 15.8. The molecule has 2 N–H and O–H groups in total. The molecule has 2 aromatic rings. The van der Waals surface area contributed by atoms with Gasteiger partial charge in [-0.1, -0.05) is 12.1 Å². The molecule has 0 aliphatic heterocycles. The highest BCUT2D eigenvalue weighted by molar-refractivity contribution is 6.06. The van der Waals surface area contributed by atoms with Crippen molar-refractivity contribution in [2.24, 2.45) is 0 Å². The standard InChI is InChI=1S/C20H25N3O4/c1-14(2)27-18-8-5-4-7-17(18)23-20(25)16-11-15(12-21-13-16)19(24)22-9-6-10-26-3/h4-5,7-8,11-14H,6,9-10H2,1-3H3,(H,22,24)(H,23,25). The molecule has 0 aliphatic carbocycles. The number of nitrogens with one attached hydrogen (secondary N) is 2. The molecule has 1 aromatic carbocycles. The Morgan fingerprint density at radius 3 is 2.52 bits per heavy atom. The fourth-order valence-corrected chi connectivity index (χ4v) is 2.33. The van der Waals surface area contributed by atoms with Crippen LogP contribution in [0, 0.1) is 0 Å². The van der Waals surface area contributed by atoms with Crippen LogP contribution in [0.2, 0.25) is 0 Å². The van der Waals surface area contributed by atoms with E-state index in [0.717, 1.165) is 0 Å². The Kier molecular flexibility index (Phi) is 7.76. The third-order valence-corrected chi connectivity index (χ3v) is 3.57. The molecule has 0 atom stereocenters. The summed E-state index contributed by atoms with van der Waals surface area (Å²) in [4.78, 5) is 28.7. The number of hydrogen-bond donors (Lipinski definition) is 2. The van der Waals surface area contributed by atoms with Gasteiger partial charge in [0.2, 0.25) is 0 Å². The van der Waals surface area contributed by atoms with Crippen molar-refractivity contribution in [3.63, 3.8) is 0 Å². The van der Waals surface area contributed by atoms with E-state index in [0.29, 0.717) is 42.1 Å². The van der Waals surface area contributed by atoms with Crippen LogP contribution in [0.25, 0.3) is 0 Å². The van der Waals surface area contributed by atoms with E-state index in [2.05, 4.69) is 15.6 Å². The number of hydrogen-bond acceptors (Lipinski definition) is 5. The molecule has 144 valence electrons. The second-order valence-corrected chi connectivity index (χ2v) is 6.18. The van der Waals surface area contributed by atoms with Crippen LogP contribution in [-0.2, 0) is 4.74 Å². The number of methoxy groups -OCH3 is 1. The van der Waals surface area contributed by atoms with Gasteiger partial charge < -0.3 is 20.1 Å². The smallest absolute Gasteiger partial charge is 0.257 e. The number of benzene rings is 1. The van der Waals surface area contributed by atoms with Gasteiger partial charge in [0.05, 0.1) is 22.9 Å². The van der Waals surface area contributed by atoms with E-state index < -0.39 is 0 Å². The summed E-state index contributed by atoms with van der Waals surface area (Å²) in [6.07, 6.45) is 3.54. The normalized spacial score (nSPS) is 10.5. The molecule has 0 aliphatic rings. The Morgan fingerprint density at radius 2 is 1.81 bits per heavy atom. The lowest BCUT2D eigenvalue weighted by atomic mass is 10.1. The summed E-state index contributed by atoms with van der Waals surface area (Å²) in [5, 5.41) is 5.58. The Labute approximate surface area is 159 Å². The average Bonchev–Trinajstić information content (AvgIpc) is 2.66. The summed E-state index contributed by atoms with van der Waals surface area (Å²) >= 11 is 0. The van der Waals surface area contributed by atoms with E-state index >= 15 is 0 Å². The highest BCUT2D eigenvalue weighted by Crippen LogP contribution is 2.25. The van der Waals surface area contributed by atoms with Crippen LogP contribution in [0.3, 0.4) is 0 Å². The molecular formula is C20H25N3O4. The van der Waals surface area contributed by atoms with Gasteiger partial charge in [0.25, 0.3) is 11.8 Å². The lowest BCUT2D eigenvalue weighted by molar-refractivity contribution is 0.0948. The first-order valence-corrected chi connectivity index (χ1v) is 8.80. The number of aromatic nitrogens is 1. The Morgan fingerprint density at radius 1 is 1.11 bits per heavy atom. The lowest BCUT2D eigenvalue weighted by Gasteiger charge is -2.14. The van der Waals surface area contributed by atoms with Crippen LogP contribution in [0.4, 0.5) is 5.69 Å². The fraction of sp³-hybridized carbons (Fsp3) is 0.350. The minimum Gasteiger partial charge on any atom is -0.489 e. The molecule has 2 rings (SSSR count). The SMILES string of the molecule is COCCCNC(=O)c1cncc(C(=O)Nc2ccccc2OC(C)C)c1. The minimum absolute atomic E-state index is 0.0187. The number of pyridine rings is 1. The topological polar surface area (TPSA) is 89.5 Å². The quantitative estimate of drug-likeness (QED) is 0.662. The van der Waals surface area contributed by atoms with Crippen molar-refractivity contribution in [1.82, 2.24) is 10.3 Å². The molecule has 1 aromatic heterocycles. The Hall–Kier alpha value is -2.93. The lowest BCUT2D eigenvalue weighted by Crippen LogP contribution is -2.25. The number of nitrogens with zero attached hydrogens (tertiary/aromatic N) is 1. The molecule has 0 spiro atoms. The van der Waals surface area contributed by atoms with Gasteiger partial charge in [-0.3, -0.25) is 14.6 Å². The third-order valence-electron chi connectivity index (χ3n) is 3.57. The van der Waals surface area contributed by atoms with Crippen molar-refractivity contribution < 1.29 is 19.1 Å². The summed E-state index contributed by atoms with van der Waals surface area (Å²) in [6.45, 7) is 4.89. The van der Waals surface area contributed by atoms with Crippen molar-refractivity contribution in [2.45, 2.75) is 26.4 Å². The van der Waals surface area contributed by atoms with Crippen LogP contribution < -0.4 is 15.4 Å². The van der Waals surface area contributed by atoms with Crippen molar-refractivity contribution in [3.05, 3.63) is 53.9 Å². The van der Waals surface area contributed by atoms with Crippen LogP contribution in [0.15, 0.2) is 42.7 Å². The fourth-order valence-electron chi connectivity index (χ4n) is 2.33. The minimum atomic E-state index is -0.365. The van der Waals surface area contributed by atoms with Gasteiger partial charge >= 0.3 is 0 Å². The summed E-state index contributed by atoms with van der Waals surface area (Å²) in [6, 6.07) is 8.71. The Balaban J connectivity index is 2.06. The molecule has 7 nitrogen and oxygen atoms in total. The first-order chi connectivity index (χ1) is 13.0. The monoisotopic (exact) mass is 371 g/mol. The van der Waals surface area contributed by atoms with E-state index in [1.807, 2.05) is 26.0 Å². The van der Waals surface area contributed by atoms with Gasteiger partial charge in [-0.2, -0.15) is 0 Å². The molecule has 0 radical (unpaired) electrons. The molecule has 0 bridgehead atoms. The number of carbonyl (C=O) groups excluding carboxylic acids is 2. The molecule has 0 saturated heterocycles. The average molecular weight is 371 g/mol. The summed E-state index contributed by atoms with van der Waals surface area (Å²) in [7, 11) is 1.61. The number of carbonyl (C=O) groups is 2. The molecule has 0 fully saturated rings. The molecular weight excluding hydrogens is 346 g/mol. The molecule has 2 amide bonds. The summed E-state index contributed by atoms with van der Waals surface area (Å²) in [5.74, 6) is -0.0611. The summed E-state index contributed by atoms with van der Waals surface area (Å²) in [5.41, 5.74) is 1.18. The van der Waals surface area contributed by atoms with Gasteiger partial charge in [-0.25, -0.2) is 0 Å². The van der Waals surface area contributed by atoms with Gasteiger partial charge in [-0.15, -0.1) is 0 Å². The maximum Gasteiger partial charge on any atom is 0.257 e. The van der Waals surface area contributed by atoms with Crippen molar-refractivity contribution in [1.29, 1.82) is 0 Å². The first kappa shape index (κ1) is 20.4. The predicted octanol–water partition coefficient (Wildman–Crippen LogP) is 2.89. The number of para-hydroxylation sites is 2. The second-order valence-electron chi connectivity index (χ2n) is 6.18. The van der Waals surface area contributed by atoms with Crippen LogP contribution in [0.1, 0.15) is 41.0 Å². The molecule has 27 heavy (non-hydrogen) atoms. The number of amides is 2. The number of rotatable bonds is 9. The number of anilines is 1. The van der Waals surface area contributed by atoms with E-state index in [-0.39, 0.29) is 17.9 Å². The largest absolute Gasteiger partial charge is 0.489 e. The molecule has 1 heterocycles. The van der Waals surface area contributed by atoms with Crippen molar-refractivity contribution in [2.75, 3.05) is 25.6 Å². The van der Waals surface area contributed by atoms with Gasteiger partial charge in [0.1, 0.15) is 5.75 Å². The van der Waals surface area contributed by atoms with Gasteiger partial charge in [-0.05, 0) is 38.5 Å². The van der Waals surface area contributed by atoms with Crippen molar-refractivity contribution in [3.8, 4) is 5.75 Å². The van der Waals surface area contributed by atoms with E-state index in [9.17, 15) is 9.59 Å². The van der Waals surface area contributed by atoms with Crippen LogP contribution >= 0.6 is 0 Å². The van der Waals surface area contributed by atoms with E-state index in [1.54, 1.807) is 19.2 Å². The molecule has 0 unspecified atom stereocenters. The van der Waals surface area contributed by atoms with Gasteiger partial charge in [0, 0.05) is 32.7 Å². The highest BCUT2D eigenvalue weighted by atomic mass is 16.5. The molecule has 7 heteroatoms. The van der Waals surface area contributed by atoms with Crippen LogP contribution in [0.5, 0.6) is 5.75 Å². The maximum absolute atomic E-state index is 12.6. The Bertz CT molecular complexity index is 777. The third kappa shape index (κ3) is 6.38. The zero-order chi connectivity index (χ0) is 19.6. The number of ether oxygens (including phenoxy) is 2. The van der Waals surface area contributed by atoms with Crippen LogP contribution in [-0.4, -0.2) is 43.2 Å². The first-order valence-electron chi connectivity index (χ1n) is 8.80. The van der Waals surface area contributed by atoms with Crippen molar-refractivity contribution >= 4 is 17.5 Å². The van der Waals surface area contributed by atoms with E-state index in [1.165, 1.54) is 18.5 Å².